The molecule has 7 heteroatoms. The van der Waals surface area contributed by atoms with Crippen molar-refractivity contribution >= 4 is 11.7 Å². The molecule has 0 aliphatic heterocycles. The van der Waals surface area contributed by atoms with E-state index >= 15 is 0 Å². The smallest absolute Gasteiger partial charge is 0.319 e. The molecule has 2 amide bonds. The Bertz CT molecular complexity index is 877. The molecule has 25 heavy (non-hydrogen) atoms. The van der Waals surface area contributed by atoms with Crippen molar-refractivity contribution in [3.63, 3.8) is 0 Å². The highest BCUT2D eigenvalue weighted by molar-refractivity contribution is 5.89. The van der Waals surface area contributed by atoms with Gasteiger partial charge in [-0.25, -0.2) is 9.48 Å². The quantitative estimate of drug-likeness (QED) is 0.683. The van der Waals surface area contributed by atoms with Gasteiger partial charge in [0.15, 0.2) is 0 Å². The third-order valence-electron chi connectivity index (χ3n) is 4.30. The van der Waals surface area contributed by atoms with Gasteiger partial charge < -0.3 is 15.7 Å². The maximum Gasteiger partial charge on any atom is 0.319 e. The molecule has 0 spiro atoms. The van der Waals surface area contributed by atoms with Crippen molar-refractivity contribution in [2.24, 2.45) is 0 Å². The second-order valence-corrected chi connectivity index (χ2v) is 5.94. The van der Waals surface area contributed by atoms with Gasteiger partial charge in [-0.15, -0.1) is 5.10 Å². The zero-order valence-corrected chi connectivity index (χ0v) is 13.3. The number of amides is 2. The summed E-state index contributed by atoms with van der Waals surface area (Å²) in [5.41, 5.74) is 3.54. The number of aliphatic hydroxyl groups is 1. The van der Waals surface area contributed by atoms with E-state index < -0.39 is 12.1 Å². The van der Waals surface area contributed by atoms with Gasteiger partial charge in [0, 0.05) is 12.1 Å². The van der Waals surface area contributed by atoms with Crippen LogP contribution in [0.1, 0.15) is 17.2 Å². The number of nitrogens with zero attached hydrogens (tertiary/aromatic N) is 3. The Labute approximate surface area is 144 Å². The van der Waals surface area contributed by atoms with E-state index in [9.17, 15) is 9.90 Å². The van der Waals surface area contributed by atoms with Gasteiger partial charge in [-0.05, 0) is 35.4 Å². The van der Waals surface area contributed by atoms with Crippen molar-refractivity contribution in [3.8, 4) is 5.69 Å². The highest BCUT2D eigenvalue weighted by atomic mass is 16.3. The molecule has 126 valence electrons. The minimum atomic E-state index is -0.613. The lowest BCUT2D eigenvalue weighted by Gasteiger charge is -2.18. The van der Waals surface area contributed by atoms with Gasteiger partial charge in [0.05, 0.1) is 30.2 Å². The largest absolute Gasteiger partial charge is 0.390 e. The number of carbonyl (C=O) groups excluding carboxylic acids is 1. The summed E-state index contributed by atoms with van der Waals surface area (Å²) in [5.74, 6) is 0. The third kappa shape index (κ3) is 3.09. The van der Waals surface area contributed by atoms with Crippen LogP contribution in [0.4, 0.5) is 10.5 Å². The standard InChI is InChI=1S/C18H17N5O2/c24-16-11-12-3-1-2-4-15(12)17(16)21-18(25)20-13-5-7-14(8-6-13)23-10-9-19-22-23/h1-10,16-17,24H,11H2,(H2,20,21,25)/t16-,17-/m1/s1. The molecule has 3 aromatic rings. The van der Waals surface area contributed by atoms with Gasteiger partial charge in [-0.1, -0.05) is 29.5 Å². The summed E-state index contributed by atoms with van der Waals surface area (Å²) in [6, 6.07) is 14.3. The molecule has 7 nitrogen and oxygen atoms in total. The number of aliphatic hydroxyl groups excluding tert-OH is 1. The number of hydrogen-bond donors (Lipinski definition) is 3. The highest BCUT2D eigenvalue weighted by Gasteiger charge is 2.31. The van der Waals surface area contributed by atoms with Gasteiger partial charge in [0.2, 0.25) is 0 Å². The van der Waals surface area contributed by atoms with E-state index in [4.69, 9.17) is 0 Å². The summed E-state index contributed by atoms with van der Waals surface area (Å²) in [6.45, 7) is 0. The monoisotopic (exact) mass is 335 g/mol. The minimum absolute atomic E-state index is 0.353. The van der Waals surface area contributed by atoms with E-state index in [0.29, 0.717) is 12.1 Å². The molecule has 1 aliphatic carbocycles. The predicted molar refractivity (Wildman–Crippen MR) is 92.4 cm³/mol. The van der Waals surface area contributed by atoms with Crippen LogP contribution in [0.15, 0.2) is 60.9 Å². The molecule has 0 unspecified atom stereocenters. The van der Waals surface area contributed by atoms with Gasteiger partial charge in [0.1, 0.15) is 0 Å². The van der Waals surface area contributed by atoms with E-state index in [1.54, 1.807) is 29.2 Å². The highest BCUT2D eigenvalue weighted by Crippen LogP contribution is 2.31. The number of benzene rings is 2. The number of urea groups is 1. The number of nitrogens with one attached hydrogen (secondary N) is 2. The number of rotatable bonds is 3. The van der Waals surface area contributed by atoms with Crippen LogP contribution in [-0.4, -0.2) is 32.2 Å². The number of anilines is 1. The van der Waals surface area contributed by atoms with Crippen LogP contribution in [0, 0.1) is 0 Å². The zero-order chi connectivity index (χ0) is 17.2. The molecule has 0 radical (unpaired) electrons. The summed E-state index contributed by atoms with van der Waals surface area (Å²) in [4.78, 5) is 12.3. The van der Waals surface area contributed by atoms with Gasteiger partial charge in [-0.3, -0.25) is 0 Å². The maximum absolute atomic E-state index is 12.3. The summed E-state index contributed by atoms with van der Waals surface area (Å²) in [7, 11) is 0. The molecule has 0 saturated carbocycles. The van der Waals surface area contributed by atoms with Crippen LogP contribution >= 0.6 is 0 Å². The molecule has 0 saturated heterocycles. The fourth-order valence-electron chi connectivity index (χ4n) is 3.10. The SMILES string of the molecule is O=C(Nc1ccc(-n2ccnn2)cc1)N[C@@H]1c2ccccc2C[C@H]1O. The Balaban J connectivity index is 1.42. The maximum atomic E-state index is 12.3. The molecule has 2 atom stereocenters. The van der Waals surface area contributed by atoms with Crippen LogP contribution in [0.25, 0.3) is 5.69 Å². The Kier molecular flexibility index (Phi) is 3.91. The first kappa shape index (κ1) is 15.3. The molecular weight excluding hydrogens is 318 g/mol. The van der Waals surface area contributed by atoms with Gasteiger partial charge >= 0.3 is 6.03 Å². The summed E-state index contributed by atoms with van der Waals surface area (Å²) < 4.78 is 1.63. The molecule has 1 heterocycles. The summed E-state index contributed by atoms with van der Waals surface area (Å²) in [6.07, 6.45) is 3.28. The van der Waals surface area contributed by atoms with Crippen molar-refractivity contribution in [2.75, 3.05) is 5.32 Å². The van der Waals surface area contributed by atoms with Crippen LogP contribution in [0.3, 0.4) is 0 Å². The average Bonchev–Trinajstić information content (AvgIpc) is 3.25. The van der Waals surface area contributed by atoms with E-state index in [1.807, 2.05) is 36.4 Å². The third-order valence-corrected chi connectivity index (χ3v) is 4.30. The summed E-state index contributed by atoms with van der Waals surface area (Å²) in [5, 5.41) is 23.5. The second kappa shape index (κ2) is 6.37. The Morgan fingerprint density at radius 2 is 1.96 bits per heavy atom. The minimum Gasteiger partial charge on any atom is -0.390 e. The lowest BCUT2D eigenvalue weighted by atomic mass is 10.1. The molecule has 1 aliphatic rings. The van der Waals surface area contributed by atoms with Crippen LogP contribution in [0.2, 0.25) is 0 Å². The van der Waals surface area contributed by atoms with Crippen molar-refractivity contribution in [2.45, 2.75) is 18.6 Å². The van der Waals surface area contributed by atoms with E-state index in [0.717, 1.165) is 16.8 Å². The van der Waals surface area contributed by atoms with Gasteiger partial charge in [-0.2, -0.15) is 0 Å². The molecular formula is C18H17N5O2. The van der Waals surface area contributed by atoms with Crippen LogP contribution < -0.4 is 10.6 Å². The summed E-state index contributed by atoms with van der Waals surface area (Å²) >= 11 is 0. The van der Waals surface area contributed by atoms with Crippen molar-refractivity contribution < 1.29 is 9.90 Å². The van der Waals surface area contributed by atoms with Crippen molar-refractivity contribution in [1.82, 2.24) is 20.3 Å². The molecule has 3 N–H and O–H groups in total. The van der Waals surface area contributed by atoms with Crippen LogP contribution in [0.5, 0.6) is 0 Å². The second-order valence-electron chi connectivity index (χ2n) is 5.94. The number of carbonyl (C=O) groups is 1. The number of fused-ring (bicyclic) bond motifs is 1. The number of aromatic nitrogens is 3. The Morgan fingerprint density at radius 3 is 2.72 bits per heavy atom. The average molecular weight is 335 g/mol. The molecule has 1 aromatic heterocycles. The first-order chi connectivity index (χ1) is 12.2. The molecule has 4 rings (SSSR count). The zero-order valence-electron chi connectivity index (χ0n) is 13.3. The first-order valence-corrected chi connectivity index (χ1v) is 8.01. The Morgan fingerprint density at radius 1 is 1.16 bits per heavy atom. The van der Waals surface area contributed by atoms with Crippen LogP contribution in [-0.2, 0) is 6.42 Å². The lowest BCUT2D eigenvalue weighted by molar-refractivity contribution is 0.144. The lowest BCUT2D eigenvalue weighted by Crippen LogP contribution is -2.36. The van der Waals surface area contributed by atoms with E-state index in [2.05, 4.69) is 20.9 Å². The fourth-order valence-corrected chi connectivity index (χ4v) is 3.10. The molecule has 0 bridgehead atoms. The normalized spacial score (nSPS) is 18.6. The first-order valence-electron chi connectivity index (χ1n) is 8.01. The van der Waals surface area contributed by atoms with Crippen molar-refractivity contribution in [1.29, 1.82) is 0 Å². The molecule has 2 aromatic carbocycles. The Hall–Kier alpha value is -3.19. The van der Waals surface area contributed by atoms with Gasteiger partial charge in [0.25, 0.3) is 0 Å². The van der Waals surface area contributed by atoms with E-state index in [-0.39, 0.29) is 6.03 Å². The number of hydrogen-bond acceptors (Lipinski definition) is 4. The molecule has 0 fully saturated rings. The predicted octanol–water partition coefficient (Wildman–Crippen LogP) is 2.05. The fraction of sp³-hybridized carbons (Fsp3) is 0.167. The van der Waals surface area contributed by atoms with E-state index in [1.165, 1.54) is 0 Å². The van der Waals surface area contributed by atoms with Crippen molar-refractivity contribution in [3.05, 3.63) is 72.1 Å². The topological polar surface area (TPSA) is 92.1 Å².